The van der Waals surface area contributed by atoms with Crippen LogP contribution in [0.5, 0.6) is 0 Å². The van der Waals surface area contributed by atoms with E-state index in [4.69, 9.17) is 4.74 Å². The Morgan fingerprint density at radius 3 is 1.44 bits per heavy atom. The molecule has 0 heterocycles. The third kappa shape index (κ3) is 4.81. The quantitative estimate of drug-likeness (QED) is 0.256. The van der Waals surface area contributed by atoms with Crippen molar-refractivity contribution in [1.29, 1.82) is 0 Å². The van der Waals surface area contributed by atoms with E-state index in [1.54, 1.807) is 30.3 Å². The van der Waals surface area contributed by atoms with Crippen molar-refractivity contribution >= 4 is 17.9 Å². The summed E-state index contributed by atoms with van der Waals surface area (Å²) in [4.78, 5) is 35.3. The molecule has 6 heteroatoms. The molecule has 0 radical (unpaired) electrons. The molecule has 198 valence electrons. The molecule has 2 N–H and O–H groups in total. The van der Waals surface area contributed by atoms with Crippen molar-refractivity contribution in [3.05, 3.63) is 105 Å². The van der Waals surface area contributed by atoms with Crippen molar-refractivity contribution in [1.82, 2.24) is 0 Å². The number of carbonyl (C=O) groups excluding carboxylic acids is 1. The second-order valence-electron chi connectivity index (χ2n) is 9.67. The van der Waals surface area contributed by atoms with E-state index in [9.17, 15) is 24.6 Å². The molecule has 4 aromatic rings. The predicted molar refractivity (Wildman–Crippen MR) is 152 cm³/mol. The van der Waals surface area contributed by atoms with Crippen LogP contribution in [0.25, 0.3) is 33.4 Å². The summed E-state index contributed by atoms with van der Waals surface area (Å²) in [7, 11) is 1.35. The van der Waals surface area contributed by atoms with E-state index in [-0.39, 0.29) is 11.1 Å². The van der Waals surface area contributed by atoms with Gasteiger partial charge in [-0.05, 0) is 126 Å². The summed E-state index contributed by atoms with van der Waals surface area (Å²) in [6, 6.07) is 17.6. The molecule has 0 bridgehead atoms. The SMILES string of the molecule is COC(=O)c1ccc(-c2c(C)c(-c3ccc(C(=O)O)cc3)c(C)c(-c3ccc(C(=O)O)c(C)c3C)c2C)cc1. The maximum Gasteiger partial charge on any atom is 0.337 e. The minimum Gasteiger partial charge on any atom is -0.478 e. The zero-order chi connectivity index (χ0) is 28.6. The lowest BCUT2D eigenvalue weighted by Gasteiger charge is -2.25. The number of esters is 1. The normalized spacial score (nSPS) is 10.8. The molecule has 4 rings (SSSR count). The molecule has 0 saturated heterocycles. The summed E-state index contributed by atoms with van der Waals surface area (Å²) in [5, 5.41) is 19.0. The number of carbonyl (C=O) groups is 3. The Labute approximate surface area is 227 Å². The van der Waals surface area contributed by atoms with Crippen molar-refractivity contribution in [2.24, 2.45) is 0 Å². The van der Waals surface area contributed by atoms with Crippen molar-refractivity contribution < 1.29 is 29.3 Å². The summed E-state index contributed by atoms with van der Waals surface area (Å²) in [5.74, 6) is -2.37. The summed E-state index contributed by atoms with van der Waals surface area (Å²) in [6.45, 7) is 9.89. The molecule has 39 heavy (non-hydrogen) atoms. The lowest BCUT2D eigenvalue weighted by Crippen LogP contribution is -2.05. The van der Waals surface area contributed by atoms with Gasteiger partial charge in [-0.2, -0.15) is 0 Å². The molecule has 0 aromatic heterocycles. The lowest BCUT2D eigenvalue weighted by molar-refractivity contribution is 0.0599. The van der Waals surface area contributed by atoms with Crippen LogP contribution in [0.15, 0.2) is 60.7 Å². The van der Waals surface area contributed by atoms with Crippen molar-refractivity contribution in [3.8, 4) is 33.4 Å². The number of methoxy groups -OCH3 is 1. The molecular weight excluding hydrogens is 492 g/mol. The zero-order valence-electron chi connectivity index (χ0n) is 22.8. The topological polar surface area (TPSA) is 101 Å². The van der Waals surface area contributed by atoms with Gasteiger partial charge in [-0.1, -0.05) is 30.3 Å². The minimum atomic E-state index is -0.990. The predicted octanol–water partition coefficient (Wildman–Crippen LogP) is 7.41. The van der Waals surface area contributed by atoms with Crippen molar-refractivity contribution in [3.63, 3.8) is 0 Å². The fourth-order valence-corrected chi connectivity index (χ4v) is 5.48. The maximum absolute atomic E-state index is 12.0. The summed E-state index contributed by atoms with van der Waals surface area (Å²) >= 11 is 0. The Morgan fingerprint density at radius 1 is 0.538 bits per heavy atom. The molecule has 0 fully saturated rings. The molecule has 6 nitrogen and oxygen atoms in total. The van der Waals surface area contributed by atoms with E-state index < -0.39 is 17.9 Å². The van der Waals surface area contributed by atoms with Gasteiger partial charge in [0.15, 0.2) is 0 Å². The maximum atomic E-state index is 12.0. The van der Waals surface area contributed by atoms with Crippen LogP contribution in [-0.2, 0) is 4.74 Å². The highest BCUT2D eigenvalue weighted by molar-refractivity contribution is 5.96. The first kappa shape index (κ1) is 27.3. The van der Waals surface area contributed by atoms with Crippen molar-refractivity contribution in [2.45, 2.75) is 34.6 Å². The van der Waals surface area contributed by atoms with Gasteiger partial charge >= 0.3 is 17.9 Å². The highest BCUT2D eigenvalue weighted by Gasteiger charge is 2.23. The molecule has 0 spiro atoms. The monoisotopic (exact) mass is 522 g/mol. The van der Waals surface area contributed by atoms with Gasteiger partial charge in [-0.15, -0.1) is 0 Å². The van der Waals surface area contributed by atoms with Crippen LogP contribution in [0, 0.1) is 34.6 Å². The number of aromatic carboxylic acids is 2. The van der Waals surface area contributed by atoms with Gasteiger partial charge in [-0.25, -0.2) is 14.4 Å². The third-order valence-electron chi connectivity index (χ3n) is 7.55. The number of rotatable bonds is 6. The van der Waals surface area contributed by atoms with Gasteiger partial charge in [0, 0.05) is 0 Å². The molecule has 0 aliphatic heterocycles. The van der Waals surface area contributed by atoms with E-state index in [0.717, 1.165) is 55.6 Å². The number of carboxylic acid groups (broad SMARTS) is 2. The Morgan fingerprint density at radius 2 is 1.00 bits per heavy atom. The van der Waals surface area contributed by atoms with Crippen LogP contribution < -0.4 is 0 Å². The second kappa shape index (κ2) is 10.6. The van der Waals surface area contributed by atoms with Crippen LogP contribution in [0.1, 0.15) is 58.9 Å². The molecule has 4 aromatic carbocycles. The van der Waals surface area contributed by atoms with Gasteiger partial charge in [0.25, 0.3) is 0 Å². The first-order valence-corrected chi connectivity index (χ1v) is 12.5. The molecule has 0 atom stereocenters. The standard InChI is InChI=1S/C33H30O6/c1-17-18(2)27(32(36)37)16-15-26(17)30-20(4)28(22-7-11-24(12-8-22)31(34)35)19(3)29(21(30)5)23-9-13-25(14-10-23)33(38)39-6/h7-16H,1-6H3,(H,34,35)(H,36,37). The third-order valence-corrected chi connectivity index (χ3v) is 7.55. The van der Waals surface area contributed by atoms with Gasteiger partial charge in [0.05, 0.1) is 23.8 Å². The van der Waals surface area contributed by atoms with Crippen molar-refractivity contribution in [2.75, 3.05) is 7.11 Å². The Hall–Kier alpha value is -4.71. The lowest BCUT2D eigenvalue weighted by atomic mass is 9.79. The average molecular weight is 523 g/mol. The first-order chi connectivity index (χ1) is 18.5. The largest absolute Gasteiger partial charge is 0.478 e. The van der Waals surface area contributed by atoms with E-state index in [1.165, 1.54) is 7.11 Å². The van der Waals surface area contributed by atoms with E-state index in [1.807, 2.05) is 58.0 Å². The van der Waals surface area contributed by atoms with Gasteiger partial charge in [0.2, 0.25) is 0 Å². The van der Waals surface area contributed by atoms with Gasteiger partial charge in [-0.3, -0.25) is 0 Å². The number of ether oxygens (including phenoxy) is 1. The number of hydrogen-bond donors (Lipinski definition) is 2. The van der Waals surface area contributed by atoms with Crippen LogP contribution in [-0.4, -0.2) is 35.2 Å². The van der Waals surface area contributed by atoms with Crippen LogP contribution in [0.3, 0.4) is 0 Å². The smallest absolute Gasteiger partial charge is 0.337 e. The first-order valence-electron chi connectivity index (χ1n) is 12.5. The van der Waals surface area contributed by atoms with E-state index in [2.05, 4.69) is 6.92 Å². The van der Waals surface area contributed by atoms with Crippen LogP contribution in [0.4, 0.5) is 0 Å². The summed E-state index contributed by atoms with van der Waals surface area (Å²) in [6.07, 6.45) is 0. The average Bonchev–Trinajstić information content (AvgIpc) is 2.91. The van der Waals surface area contributed by atoms with Crippen LogP contribution >= 0.6 is 0 Å². The Balaban J connectivity index is 2.07. The molecule has 0 amide bonds. The molecule has 0 aliphatic carbocycles. The number of hydrogen-bond acceptors (Lipinski definition) is 4. The zero-order valence-corrected chi connectivity index (χ0v) is 22.8. The fourth-order valence-electron chi connectivity index (χ4n) is 5.48. The van der Waals surface area contributed by atoms with Gasteiger partial charge < -0.3 is 14.9 Å². The van der Waals surface area contributed by atoms with E-state index in [0.29, 0.717) is 11.1 Å². The summed E-state index contributed by atoms with van der Waals surface area (Å²) < 4.78 is 4.85. The highest BCUT2D eigenvalue weighted by atomic mass is 16.5. The molecular formula is C33H30O6. The number of carboxylic acids is 2. The Kier molecular flexibility index (Phi) is 7.41. The van der Waals surface area contributed by atoms with Gasteiger partial charge in [0.1, 0.15) is 0 Å². The summed E-state index contributed by atoms with van der Waals surface area (Å²) in [5.41, 5.74) is 11.2. The second-order valence-corrected chi connectivity index (χ2v) is 9.67. The Bertz CT molecular complexity index is 1630. The van der Waals surface area contributed by atoms with E-state index >= 15 is 0 Å². The number of benzene rings is 4. The molecule has 0 aliphatic rings. The fraction of sp³-hybridized carbons (Fsp3) is 0.182. The van der Waals surface area contributed by atoms with Crippen LogP contribution in [0.2, 0.25) is 0 Å². The highest BCUT2D eigenvalue weighted by Crippen LogP contribution is 2.45. The molecule has 0 saturated carbocycles. The molecule has 0 unspecified atom stereocenters. The minimum absolute atomic E-state index is 0.204.